The highest BCUT2D eigenvalue weighted by molar-refractivity contribution is 6.12. The van der Waals surface area contributed by atoms with E-state index in [9.17, 15) is 0 Å². The maximum Gasteiger partial charge on any atom is -0.00988 e. The molecule has 0 fully saturated rings. The second kappa shape index (κ2) is 7.25. The fourth-order valence-electron chi connectivity index (χ4n) is 3.56. The summed E-state index contributed by atoms with van der Waals surface area (Å²) in [6.45, 7) is 6.37. The minimum atomic E-state index is 1.25. The molecule has 0 unspecified atom stereocenters. The number of hydrogen-bond donors (Lipinski definition) is 0. The van der Waals surface area contributed by atoms with Crippen molar-refractivity contribution in [2.24, 2.45) is 0 Å². The standard InChI is InChI=1S/C27H24/c1-4-19(2)10-12-24-17-23-13-11-20(3)16-26(23)25-15-14-22(18-27(24)25)21-8-6-5-7-9-21/h4-18H,1-3H3/b12-10-,19-4-. The van der Waals surface area contributed by atoms with Crippen molar-refractivity contribution in [3.63, 3.8) is 0 Å². The van der Waals surface area contributed by atoms with Gasteiger partial charge in [-0.15, -0.1) is 0 Å². The summed E-state index contributed by atoms with van der Waals surface area (Å²) >= 11 is 0. The van der Waals surface area contributed by atoms with E-state index < -0.39 is 0 Å². The molecule has 0 saturated heterocycles. The van der Waals surface area contributed by atoms with E-state index in [1.54, 1.807) is 0 Å². The quantitative estimate of drug-likeness (QED) is 0.260. The minimum Gasteiger partial charge on any atom is -0.0847 e. The second-order valence-corrected chi connectivity index (χ2v) is 7.18. The van der Waals surface area contributed by atoms with Gasteiger partial charge in [0.2, 0.25) is 0 Å². The molecule has 132 valence electrons. The average molecular weight is 348 g/mol. The highest BCUT2D eigenvalue weighted by Gasteiger charge is 2.08. The molecule has 4 rings (SSSR count). The lowest BCUT2D eigenvalue weighted by Gasteiger charge is -2.11. The van der Waals surface area contributed by atoms with Gasteiger partial charge < -0.3 is 0 Å². The summed E-state index contributed by atoms with van der Waals surface area (Å²) in [5.41, 5.74) is 6.34. The molecule has 0 aliphatic rings. The van der Waals surface area contributed by atoms with Crippen LogP contribution >= 0.6 is 0 Å². The molecule has 0 amide bonds. The van der Waals surface area contributed by atoms with Gasteiger partial charge in [0.1, 0.15) is 0 Å². The van der Waals surface area contributed by atoms with Gasteiger partial charge in [-0.25, -0.2) is 0 Å². The van der Waals surface area contributed by atoms with Gasteiger partial charge in [0.25, 0.3) is 0 Å². The first-order valence-corrected chi connectivity index (χ1v) is 9.49. The second-order valence-electron chi connectivity index (χ2n) is 7.18. The summed E-state index contributed by atoms with van der Waals surface area (Å²) in [5, 5.41) is 5.23. The third kappa shape index (κ3) is 3.44. The lowest BCUT2D eigenvalue weighted by molar-refractivity contribution is 1.49. The molecule has 0 aliphatic heterocycles. The van der Waals surface area contributed by atoms with Gasteiger partial charge in [0.05, 0.1) is 0 Å². The van der Waals surface area contributed by atoms with Crippen molar-refractivity contribution in [3.05, 3.63) is 102 Å². The normalized spacial score (nSPS) is 12.3. The highest BCUT2D eigenvalue weighted by atomic mass is 14.1. The van der Waals surface area contributed by atoms with E-state index in [-0.39, 0.29) is 0 Å². The molecule has 4 aromatic carbocycles. The Morgan fingerprint density at radius 2 is 1.56 bits per heavy atom. The van der Waals surface area contributed by atoms with Crippen LogP contribution in [0.25, 0.3) is 38.7 Å². The van der Waals surface area contributed by atoms with Gasteiger partial charge in [-0.2, -0.15) is 0 Å². The van der Waals surface area contributed by atoms with Gasteiger partial charge in [-0.3, -0.25) is 0 Å². The first-order valence-electron chi connectivity index (χ1n) is 9.49. The van der Waals surface area contributed by atoms with Crippen LogP contribution in [0.15, 0.2) is 90.5 Å². The molecule has 0 N–H and O–H groups in total. The van der Waals surface area contributed by atoms with E-state index in [1.807, 2.05) is 0 Å². The largest absolute Gasteiger partial charge is 0.0847 e. The summed E-state index contributed by atoms with van der Waals surface area (Å²) in [4.78, 5) is 0. The van der Waals surface area contributed by atoms with E-state index in [4.69, 9.17) is 0 Å². The average Bonchev–Trinajstić information content (AvgIpc) is 2.72. The van der Waals surface area contributed by atoms with E-state index in [2.05, 4.69) is 112 Å². The first-order chi connectivity index (χ1) is 13.2. The zero-order valence-corrected chi connectivity index (χ0v) is 16.2. The van der Waals surface area contributed by atoms with Crippen molar-refractivity contribution in [1.82, 2.24) is 0 Å². The smallest absolute Gasteiger partial charge is 0.00988 e. The molecule has 0 heteroatoms. The monoisotopic (exact) mass is 348 g/mol. The molecule has 27 heavy (non-hydrogen) atoms. The Labute approximate surface area is 161 Å². The van der Waals surface area contributed by atoms with Crippen LogP contribution in [0, 0.1) is 6.92 Å². The number of fused-ring (bicyclic) bond motifs is 3. The molecule has 0 nitrogen and oxygen atoms in total. The van der Waals surface area contributed by atoms with Crippen LogP contribution in [0.1, 0.15) is 25.0 Å². The number of aryl methyl sites for hydroxylation is 1. The SMILES string of the molecule is C/C=C(C)\C=C/c1cc2ccc(C)cc2c2ccc(-c3ccccc3)cc12. The fraction of sp³-hybridized carbons (Fsp3) is 0.111. The summed E-state index contributed by atoms with van der Waals surface area (Å²) < 4.78 is 0. The summed E-state index contributed by atoms with van der Waals surface area (Å²) in [6, 6.07) is 26.5. The lowest BCUT2D eigenvalue weighted by Crippen LogP contribution is -1.86. The first kappa shape index (κ1) is 17.3. The molecule has 0 atom stereocenters. The van der Waals surface area contributed by atoms with Crippen LogP contribution in [-0.2, 0) is 0 Å². The summed E-state index contributed by atoms with van der Waals surface area (Å²) in [5.74, 6) is 0. The van der Waals surface area contributed by atoms with Crippen molar-refractivity contribution in [2.75, 3.05) is 0 Å². The van der Waals surface area contributed by atoms with E-state index in [0.717, 1.165) is 0 Å². The molecule has 0 heterocycles. The number of hydrogen-bond acceptors (Lipinski definition) is 0. The molecular formula is C27H24. The topological polar surface area (TPSA) is 0 Å². The molecule has 0 saturated carbocycles. The molecule has 0 bridgehead atoms. The van der Waals surface area contributed by atoms with Crippen molar-refractivity contribution in [1.29, 1.82) is 0 Å². The molecule has 0 spiro atoms. The Kier molecular flexibility index (Phi) is 4.64. The highest BCUT2D eigenvalue weighted by Crippen LogP contribution is 2.33. The van der Waals surface area contributed by atoms with Gasteiger partial charge in [0.15, 0.2) is 0 Å². The summed E-state index contributed by atoms with van der Waals surface area (Å²) in [6.07, 6.45) is 6.58. The number of rotatable bonds is 3. The van der Waals surface area contributed by atoms with Gasteiger partial charge >= 0.3 is 0 Å². The predicted octanol–water partition coefficient (Wildman–Crippen LogP) is 7.95. The number of allylic oxidation sites excluding steroid dienone is 3. The van der Waals surface area contributed by atoms with Crippen LogP contribution in [0.3, 0.4) is 0 Å². The van der Waals surface area contributed by atoms with E-state index >= 15 is 0 Å². The fourth-order valence-corrected chi connectivity index (χ4v) is 3.56. The molecule has 0 aliphatic carbocycles. The minimum absolute atomic E-state index is 1.25. The van der Waals surface area contributed by atoms with Crippen molar-refractivity contribution >= 4 is 27.6 Å². The maximum atomic E-state index is 2.33. The van der Waals surface area contributed by atoms with Crippen LogP contribution in [0.4, 0.5) is 0 Å². The van der Waals surface area contributed by atoms with Crippen molar-refractivity contribution < 1.29 is 0 Å². The molecule has 0 aromatic heterocycles. The molecule has 4 aromatic rings. The van der Waals surface area contributed by atoms with E-state index in [0.29, 0.717) is 0 Å². The third-order valence-corrected chi connectivity index (χ3v) is 5.23. The number of benzene rings is 4. The van der Waals surface area contributed by atoms with Crippen molar-refractivity contribution in [3.8, 4) is 11.1 Å². The third-order valence-electron chi connectivity index (χ3n) is 5.23. The molecular weight excluding hydrogens is 324 g/mol. The Morgan fingerprint density at radius 3 is 2.33 bits per heavy atom. The Balaban J connectivity index is 2.02. The maximum absolute atomic E-state index is 2.33. The Hall–Kier alpha value is -3.12. The lowest BCUT2D eigenvalue weighted by atomic mass is 9.93. The van der Waals surface area contributed by atoms with Gasteiger partial charge in [-0.05, 0) is 71.1 Å². The van der Waals surface area contributed by atoms with Gasteiger partial charge in [0, 0.05) is 0 Å². The Morgan fingerprint density at radius 1 is 0.741 bits per heavy atom. The summed E-state index contributed by atoms with van der Waals surface area (Å²) in [7, 11) is 0. The van der Waals surface area contributed by atoms with Crippen LogP contribution in [0.5, 0.6) is 0 Å². The van der Waals surface area contributed by atoms with Crippen molar-refractivity contribution in [2.45, 2.75) is 20.8 Å². The molecule has 0 radical (unpaired) electrons. The van der Waals surface area contributed by atoms with E-state index in [1.165, 1.54) is 49.4 Å². The van der Waals surface area contributed by atoms with Crippen LogP contribution < -0.4 is 0 Å². The van der Waals surface area contributed by atoms with Crippen LogP contribution in [-0.4, -0.2) is 0 Å². The van der Waals surface area contributed by atoms with Gasteiger partial charge in [-0.1, -0.05) is 90.0 Å². The van der Waals surface area contributed by atoms with Crippen LogP contribution in [0.2, 0.25) is 0 Å². The zero-order chi connectivity index (χ0) is 18.8. The zero-order valence-electron chi connectivity index (χ0n) is 16.2. The predicted molar refractivity (Wildman–Crippen MR) is 120 cm³/mol. The Bertz CT molecular complexity index is 1180.